The fraction of sp³-hybridized carbons (Fsp3) is 0.111. The molecule has 4 heteroatoms. The summed E-state index contributed by atoms with van der Waals surface area (Å²) in [4.78, 5) is 50.5. The number of fused-ring (bicyclic) bond motifs is 3. The van der Waals surface area contributed by atoms with Crippen molar-refractivity contribution in [1.29, 1.82) is 0 Å². The summed E-state index contributed by atoms with van der Waals surface area (Å²) in [6, 6.07) is 12.7. The van der Waals surface area contributed by atoms with Gasteiger partial charge in [-0.3, -0.25) is 19.2 Å². The van der Waals surface area contributed by atoms with E-state index >= 15 is 0 Å². The molecule has 22 heavy (non-hydrogen) atoms. The first-order chi connectivity index (χ1) is 10.6. The molecule has 0 aromatic heterocycles. The summed E-state index contributed by atoms with van der Waals surface area (Å²) in [5.74, 6) is -4.18. The predicted molar refractivity (Wildman–Crippen MR) is 77.2 cm³/mol. The van der Waals surface area contributed by atoms with Crippen LogP contribution in [-0.4, -0.2) is 23.1 Å². The summed E-state index contributed by atoms with van der Waals surface area (Å²) in [6.07, 6.45) is 0. The van der Waals surface area contributed by atoms with Gasteiger partial charge in [-0.2, -0.15) is 0 Å². The molecule has 0 N–H and O–H groups in total. The average Bonchev–Trinajstić information content (AvgIpc) is 2.56. The highest BCUT2D eigenvalue weighted by molar-refractivity contribution is 6.35. The average molecular weight is 290 g/mol. The molecule has 0 saturated carbocycles. The lowest BCUT2D eigenvalue weighted by molar-refractivity contribution is 0.0587. The maximum absolute atomic E-state index is 12.6. The predicted octanol–water partition coefficient (Wildman–Crippen LogP) is 2.38. The van der Waals surface area contributed by atoms with Crippen molar-refractivity contribution in [2.75, 3.05) is 0 Å². The van der Waals surface area contributed by atoms with E-state index in [1.54, 1.807) is 24.3 Å². The van der Waals surface area contributed by atoms with Crippen molar-refractivity contribution in [3.63, 3.8) is 0 Å². The Balaban J connectivity index is 1.98. The summed E-state index contributed by atoms with van der Waals surface area (Å²) in [6.45, 7) is 0. The van der Waals surface area contributed by atoms with Gasteiger partial charge in [-0.25, -0.2) is 0 Å². The van der Waals surface area contributed by atoms with Crippen LogP contribution in [0.25, 0.3) is 0 Å². The molecule has 4 nitrogen and oxygen atoms in total. The van der Waals surface area contributed by atoms with Crippen LogP contribution in [0.5, 0.6) is 0 Å². The Hall–Kier alpha value is -2.88. The number of carbonyl (C=O) groups is 4. The van der Waals surface area contributed by atoms with Gasteiger partial charge in [0, 0.05) is 22.3 Å². The number of hydrogen-bond acceptors (Lipinski definition) is 4. The van der Waals surface area contributed by atoms with Gasteiger partial charge in [0.1, 0.15) is 11.8 Å². The third-order valence-corrected chi connectivity index (χ3v) is 4.38. The van der Waals surface area contributed by atoms with Gasteiger partial charge in [0.2, 0.25) is 0 Å². The second-order valence-electron chi connectivity index (χ2n) is 5.50. The van der Waals surface area contributed by atoms with Crippen molar-refractivity contribution < 1.29 is 19.2 Å². The quantitative estimate of drug-likeness (QED) is 0.699. The lowest BCUT2D eigenvalue weighted by atomic mass is 9.64. The summed E-state index contributed by atoms with van der Waals surface area (Å²) < 4.78 is 0. The largest absolute Gasteiger partial charge is 0.293 e. The highest BCUT2D eigenvalue weighted by atomic mass is 16.2. The van der Waals surface area contributed by atoms with Crippen LogP contribution in [0.4, 0.5) is 0 Å². The van der Waals surface area contributed by atoms with Gasteiger partial charge in [0.05, 0.1) is 0 Å². The van der Waals surface area contributed by atoms with E-state index in [4.69, 9.17) is 0 Å². The lowest BCUT2D eigenvalue weighted by Gasteiger charge is -2.32. The van der Waals surface area contributed by atoms with Crippen LogP contribution < -0.4 is 0 Å². The molecule has 0 atom stereocenters. The molecule has 2 aromatic rings. The number of Topliss-reactive ketones (excluding diaryl/α,β-unsaturated/α-hetero) is 4. The molecule has 0 fully saturated rings. The number of carbonyl (C=O) groups excluding carboxylic acids is 4. The monoisotopic (exact) mass is 290 g/mol. The van der Waals surface area contributed by atoms with Crippen molar-refractivity contribution in [2.45, 2.75) is 0 Å². The Morgan fingerprint density at radius 3 is 0.909 bits per heavy atom. The lowest BCUT2D eigenvalue weighted by Crippen LogP contribution is -2.48. The minimum absolute atomic E-state index is 0.231. The Kier molecular flexibility index (Phi) is 2.51. The Morgan fingerprint density at radius 2 is 0.682 bits per heavy atom. The van der Waals surface area contributed by atoms with Gasteiger partial charge in [0.25, 0.3) is 0 Å². The topological polar surface area (TPSA) is 68.3 Å². The Bertz CT molecular complexity index is 735. The van der Waals surface area contributed by atoms with Crippen LogP contribution in [0, 0.1) is 11.8 Å². The standard InChI is InChI=1S/C18H10O4/c19-15-9-5-1-2-6-10(9)16(20)14-13(15)17(21)11-7-3-4-8-12(11)18(14)22/h1-8,13-14H. The molecule has 0 spiro atoms. The highest BCUT2D eigenvalue weighted by Crippen LogP contribution is 2.38. The van der Waals surface area contributed by atoms with E-state index in [1.165, 1.54) is 24.3 Å². The van der Waals surface area contributed by atoms with Crippen LogP contribution in [0.2, 0.25) is 0 Å². The van der Waals surface area contributed by atoms with Crippen molar-refractivity contribution in [1.82, 2.24) is 0 Å². The molecule has 2 aliphatic carbocycles. The summed E-state index contributed by atoms with van der Waals surface area (Å²) in [7, 11) is 0. The molecule has 2 aromatic carbocycles. The van der Waals surface area contributed by atoms with E-state index < -0.39 is 35.0 Å². The first-order valence-electron chi connectivity index (χ1n) is 6.96. The van der Waals surface area contributed by atoms with Gasteiger partial charge in [-0.1, -0.05) is 48.5 Å². The second-order valence-corrected chi connectivity index (χ2v) is 5.50. The van der Waals surface area contributed by atoms with E-state index in [-0.39, 0.29) is 22.3 Å². The van der Waals surface area contributed by atoms with E-state index in [2.05, 4.69) is 0 Å². The van der Waals surface area contributed by atoms with Gasteiger partial charge in [-0.05, 0) is 0 Å². The smallest absolute Gasteiger partial charge is 0.175 e. The molecule has 0 radical (unpaired) electrons. The molecular formula is C18H10O4. The van der Waals surface area contributed by atoms with Gasteiger partial charge in [0.15, 0.2) is 23.1 Å². The molecule has 0 saturated heterocycles. The van der Waals surface area contributed by atoms with Crippen LogP contribution in [-0.2, 0) is 0 Å². The van der Waals surface area contributed by atoms with Crippen molar-refractivity contribution in [3.8, 4) is 0 Å². The summed E-state index contributed by atoms with van der Waals surface area (Å²) in [5.41, 5.74) is 0.923. The number of rotatable bonds is 0. The van der Waals surface area contributed by atoms with Crippen molar-refractivity contribution >= 4 is 23.1 Å². The third-order valence-electron chi connectivity index (χ3n) is 4.38. The minimum Gasteiger partial charge on any atom is -0.293 e. The minimum atomic E-state index is -1.22. The molecule has 0 amide bonds. The summed E-state index contributed by atoms with van der Waals surface area (Å²) in [5, 5.41) is 0. The van der Waals surface area contributed by atoms with Gasteiger partial charge >= 0.3 is 0 Å². The Morgan fingerprint density at radius 1 is 0.455 bits per heavy atom. The molecule has 106 valence electrons. The fourth-order valence-corrected chi connectivity index (χ4v) is 3.34. The molecular weight excluding hydrogens is 280 g/mol. The fourth-order valence-electron chi connectivity index (χ4n) is 3.34. The van der Waals surface area contributed by atoms with Crippen LogP contribution in [0.1, 0.15) is 41.4 Å². The maximum Gasteiger partial charge on any atom is 0.175 e. The second kappa shape index (κ2) is 4.31. The normalized spacial score (nSPS) is 22.9. The zero-order valence-electron chi connectivity index (χ0n) is 11.4. The number of benzene rings is 2. The molecule has 0 bridgehead atoms. The molecule has 0 unspecified atom stereocenters. The molecule has 2 aliphatic rings. The van der Waals surface area contributed by atoms with Crippen molar-refractivity contribution in [3.05, 3.63) is 70.8 Å². The van der Waals surface area contributed by atoms with Crippen LogP contribution >= 0.6 is 0 Å². The Labute approximate surface area is 125 Å². The van der Waals surface area contributed by atoms with E-state index in [0.717, 1.165) is 0 Å². The first-order valence-corrected chi connectivity index (χ1v) is 6.96. The van der Waals surface area contributed by atoms with E-state index in [9.17, 15) is 19.2 Å². The van der Waals surface area contributed by atoms with Crippen LogP contribution in [0.15, 0.2) is 48.5 Å². The maximum atomic E-state index is 12.6. The first kappa shape index (κ1) is 12.8. The molecule has 0 aliphatic heterocycles. The van der Waals surface area contributed by atoms with Gasteiger partial charge < -0.3 is 0 Å². The van der Waals surface area contributed by atoms with Gasteiger partial charge in [-0.15, -0.1) is 0 Å². The van der Waals surface area contributed by atoms with E-state index in [1.807, 2.05) is 0 Å². The van der Waals surface area contributed by atoms with Crippen molar-refractivity contribution in [2.24, 2.45) is 11.8 Å². The zero-order valence-corrected chi connectivity index (χ0v) is 11.4. The SMILES string of the molecule is O=C1c2ccccc2C(=O)C2C(=O)c3ccccc3C(=O)C12. The number of hydrogen-bond donors (Lipinski definition) is 0. The third kappa shape index (κ3) is 1.46. The number of ketones is 4. The highest BCUT2D eigenvalue weighted by Gasteiger charge is 2.52. The zero-order chi connectivity index (χ0) is 15.4. The van der Waals surface area contributed by atoms with Crippen LogP contribution in [0.3, 0.4) is 0 Å². The molecule has 4 rings (SSSR count). The summed E-state index contributed by atoms with van der Waals surface area (Å²) >= 11 is 0. The molecule has 0 heterocycles. The van der Waals surface area contributed by atoms with E-state index in [0.29, 0.717) is 0 Å².